The van der Waals surface area contributed by atoms with Gasteiger partial charge in [-0.05, 0) is 25.2 Å². The van der Waals surface area contributed by atoms with Crippen LogP contribution >= 0.6 is 12.8 Å². The topological polar surface area (TPSA) is 73.9 Å². The minimum absolute atomic E-state index is 0.00975. The molecule has 2 rings (SSSR count). The molecule has 0 aromatic carbocycles. The van der Waals surface area contributed by atoms with E-state index in [1.165, 1.54) is 12.8 Å². The third kappa shape index (κ3) is 4.30. The van der Waals surface area contributed by atoms with Crippen molar-refractivity contribution in [2.45, 2.75) is 25.7 Å². The minimum Gasteiger partial charge on any atom is -0.356 e. The first-order valence-electron chi connectivity index (χ1n) is 6.29. The summed E-state index contributed by atoms with van der Waals surface area (Å²) in [6, 6.07) is 0. The molecule has 18 heavy (non-hydrogen) atoms. The third-order valence-electron chi connectivity index (χ3n) is 3.27. The molecule has 1 amide bonds. The molecule has 0 spiro atoms. The number of thiol groups is 1. The summed E-state index contributed by atoms with van der Waals surface area (Å²) >= 11 is 4.32. The van der Waals surface area contributed by atoms with Gasteiger partial charge in [-0.25, -0.2) is 0 Å². The second-order valence-electron chi connectivity index (χ2n) is 4.67. The van der Waals surface area contributed by atoms with Crippen LogP contribution in [0.3, 0.4) is 0 Å². The van der Waals surface area contributed by atoms with E-state index in [-0.39, 0.29) is 5.91 Å². The van der Waals surface area contributed by atoms with E-state index in [1.807, 2.05) is 0 Å². The lowest BCUT2D eigenvalue weighted by molar-refractivity contribution is -0.120. The molecule has 2 heterocycles. The first kappa shape index (κ1) is 13.4. The normalized spacial score (nSPS) is 17.8. The monoisotopic (exact) mass is 269 g/mol. The van der Waals surface area contributed by atoms with Gasteiger partial charge in [0.25, 0.3) is 0 Å². The fourth-order valence-electron chi connectivity index (χ4n) is 2.16. The van der Waals surface area contributed by atoms with Gasteiger partial charge in [-0.15, -0.1) is 0 Å². The highest BCUT2D eigenvalue weighted by atomic mass is 32.1. The van der Waals surface area contributed by atoms with E-state index in [2.05, 4.69) is 37.8 Å². The van der Waals surface area contributed by atoms with Crippen molar-refractivity contribution < 1.29 is 4.79 Å². The molecule has 1 aliphatic rings. The molecule has 1 saturated heterocycles. The lowest BCUT2D eigenvalue weighted by atomic mass is 9.95. The molecule has 1 fully saturated rings. The molecule has 0 aliphatic carbocycles. The highest BCUT2D eigenvalue weighted by Gasteiger charge is 2.17. The van der Waals surface area contributed by atoms with Crippen LogP contribution in [0.15, 0.2) is 6.20 Å². The van der Waals surface area contributed by atoms with Gasteiger partial charge in [0, 0.05) is 19.6 Å². The number of nitrogens with zero attached hydrogens (tertiary/aromatic N) is 3. The molecule has 1 aliphatic heterocycles. The van der Waals surface area contributed by atoms with Crippen molar-refractivity contribution in [2.24, 2.45) is 5.92 Å². The van der Waals surface area contributed by atoms with E-state index < -0.39 is 0 Å². The van der Waals surface area contributed by atoms with Crippen LogP contribution in [0.1, 0.15) is 25.0 Å². The maximum absolute atomic E-state index is 11.6. The number of piperidine rings is 1. The first-order valence-corrected chi connectivity index (χ1v) is 6.69. The van der Waals surface area contributed by atoms with Gasteiger partial charge in [0.05, 0.1) is 18.3 Å². The van der Waals surface area contributed by atoms with Gasteiger partial charge in [-0.1, -0.05) is 12.8 Å². The van der Waals surface area contributed by atoms with Crippen molar-refractivity contribution in [3.8, 4) is 0 Å². The fourth-order valence-corrected chi connectivity index (χ4v) is 2.39. The maximum Gasteiger partial charge on any atom is 0.226 e. The van der Waals surface area contributed by atoms with Gasteiger partial charge in [0.2, 0.25) is 5.91 Å². The SMILES string of the molecule is O=C(Cc1cn[nH]n1)NCCC1CCN(S)CC1. The summed E-state index contributed by atoms with van der Waals surface area (Å²) in [5, 5.41) is 12.9. The predicted octanol–water partition coefficient (Wildman–Crippen LogP) is 0.410. The van der Waals surface area contributed by atoms with Crippen LogP contribution < -0.4 is 5.32 Å². The number of aromatic amines is 1. The molecule has 7 heteroatoms. The van der Waals surface area contributed by atoms with Crippen molar-refractivity contribution in [2.75, 3.05) is 19.6 Å². The van der Waals surface area contributed by atoms with Crippen LogP contribution in [0.25, 0.3) is 0 Å². The van der Waals surface area contributed by atoms with E-state index in [4.69, 9.17) is 0 Å². The maximum atomic E-state index is 11.6. The Labute approximate surface area is 112 Å². The van der Waals surface area contributed by atoms with Gasteiger partial charge >= 0.3 is 0 Å². The Morgan fingerprint density at radius 3 is 3.00 bits per heavy atom. The lowest BCUT2D eigenvalue weighted by Crippen LogP contribution is -2.31. The summed E-state index contributed by atoms with van der Waals surface area (Å²) in [5.74, 6) is 0.719. The number of amides is 1. The van der Waals surface area contributed by atoms with E-state index in [0.717, 1.165) is 26.1 Å². The predicted molar refractivity (Wildman–Crippen MR) is 71.0 cm³/mol. The number of hydrogen-bond acceptors (Lipinski definition) is 5. The Morgan fingerprint density at radius 1 is 1.56 bits per heavy atom. The molecule has 1 aromatic rings. The summed E-state index contributed by atoms with van der Waals surface area (Å²) in [6.07, 6.45) is 5.26. The molecular weight excluding hydrogens is 250 g/mol. The number of nitrogens with one attached hydrogen (secondary N) is 2. The lowest BCUT2D eigenvalue weighted by Gasteiger charge is -2.27. The third-order valence-corrected chi connectivity index (χ3v) is 3.67. The van der Waals surface area contributed by atoms with Crippen molar-refractivity contribution >= 4 is 18.7 Å². The van der Waals surface area contributed by atoms with Crippen LogP contribution in [0.2, 0.25) is 0 Å². The second kappa shape index (κ2) is 6.75. The van der Waals surface area contributed by atoms with Crippen molar-refractivity contribution in [1.82, 2.24) is 25.0 Å². The van der Waals surface area contributed by atoms with Gasteiger partial charge in [-0.2, -0.15) is 15.4 Å². The number of aromatic nitrogens is 3. The molecule has 1 aromatic heterocycles. The largest absolute Gasteiger partial charge is 0.356 e. The second-order valence-corrected chi connectivity index (χ2v) is 5.24. The van der Waals surface area contributed by atoms with Crippen LogP contribution in [-0.4, -0.2) is 45.3 Å². The quantitative estimate of drug-likeness (QED) is 0.677. The molecule has 0 atom stereocenters. The summed E-state index contributed by atoms with van der Waals surface area (Å²) < 4.78 is 2.06. The molecule has 100 valence electrons. The van der Waals surface area contributed by atoms with Gasteiger partial charge in [0.1, 0.15) is 0 Å². The van der Waals surface area contributed by atoms with E-state index in [1.54, 1.807) is 6.20 Å². The zero-order valence-corrected chi connectivity index (χ0v) is 11.2. The highest BCUT2D eigenvalue weighted by molar-refractivity contribution is 7.77. The molecule has 2 N–H and O–H groups in total. The summed E-state index contributed by atoms with van der Waals surface area (Å²) in [6.45, 7) is 2.83. The minimum atomic E-state index is 0.00975. The van der Waals surface area contributed by atoms with Crippen LogP contribution in [-0.2, 0) is 11.2 Å². The fraction of sp³-hybridized carbons (Fsp3) is 0.727. The van der Waals surface area contributed by atoms with Crippen LogP contribution in [0.5, 0.6) is 0 Å². The van der Waals surface area contributed by atoms with Crippen LogP contribution in [0, 0.1) is 5.92 Å². The number of carbonyl (C=O) groups excluding carboxylic acids is 1. The number of rotatable bonds is 5. The number of carbonyl (C=O) groups is 1. The number of H-pyrrole nitrogens is 1. The Hall–Kier alpha value is -1.08. The van der Waals surface area contributed by atoms with Crippen molar-refractivity contribution in [3.63, 3.8) is 0 Å². The van der Waals surface area contributed by atoms with E-state index in [0.29, 0.717) is 18.0 Å². The Morgan fingerprint density at radius 2 is 2.33 bits per heavy atom. The summed E-state index contributed by atoms with van der Waals surface area (Å²) in [7, 11) is 0. The van der Waals surface area contributed by atoms with E-state index >= 15 is 0 Å². The Kier molecular flexibility index (Phi) is 5.00. The zero-order chi connectivity index (χ0) is 12.8. The summed E-state index contributed by atoms with van der Waals surface area (Å²) in [4.78, 5) is 11.6. The molecule has 6 nitrogen and oxygen atoms in total. The van der Waals surface area contributed by atoms with Gasteiger partial charge in [0.15, 0.2) is 0 Å². The number of hydrogen-bond donors (Lipinski definition) is 3. The van der Waals surface area contributed by atoms with E-state index in [9.17, 15) is 4.79 Å². The molecule has 0 unspecified atom stereocenters. The van der Waals surface area contributed by atoms with Crippen molar-refractivity contribution in [1.29, 1.82) is 0 Å². The molecular formula is C11H19N5OS. The Bertz CT molecular complexity index is 362. The standard InChI is InChI=1S/C11H19N5OS/c17-11(7-10-8-13-15-14-10)12-4-1-9-2-5-16(18)6-3-9/h8-9,18H,1-7H2,(H,12,17)(H,13,14,15). The van der Waals surface area contributed by atoms with Crippen molar-refractivity contribution in [3.05, 3.63) is 11.9 Å². The molecule has 0 radical (unpaired) electrons. The highest BCUT2D eigenvalue weighted by Crippen LogP contribution is 2.20. The zero-order valence-electron chi connectivity index (χ0n) is 10.3. The Balaban J connectivity index is 1.59. The molecule has 0 saturated carbocycles. The average molecular weight is 269 g/mol. The molecule has 0 bridgehead atoms. The first-order chi connectivity index (χ1) is 8.74. The van der Waals surface area contributed by atoms with Gasteiger partial charge < -0.3 is 5.32 Å². The van der Waals surface area contributed by atoms with Gasteiger partial charge in [-0.3, -0.25) is 9.10 Å². The van der Waals surface area contributed by atoms with Crippen LogP contribution in [0.4, 0.5) is 0 Å². The average Bonchev–Trinajstić information content (AvgIpc) is 2.84. The smallest absolute Gasteiger partial charge is 0.226 e. The summed E-state index contributed by atoms with van der Waals surface area (Å²) in [5.41, 5.74) is 0.677.